The minimum atomic E-state index is -5.60. The second-order valence-corrected chi connectivity index (χ2v) is 12.2. The van der Waals surface area contributed by atoms with Crippen LogP contribution in [-0.4, -0.2) is 38.9 Å². The van der Waals surface area contributed by atoms with E-state index in [2.05, 4.69) is 10.6 Å². The van der Waals surface area contributed by atoms with E-state index in [0.717, 1.165) is 37.1 Å². The average Bonchev–Trinajstić information content (AvgIpc) is 3.55. The average molecular weight is 591 g/mol. The first kappa shape index (κ1) is 28.6. The lowest BCUT2D eigenvalue weighted by molar-refractivity contribution is -0.122. The van der Waals surface area contributed by atoms with E-state index in [0.29, 0.717) is 12.0 Å². The molecule has 5 rings (SSSR count). The van der Waals surface area contributed by atoms with Crippen LogP contribution < -0.4 is 15.4 Å². The summed E-state index contributed by atoms with van der Waals surface area (Å²) >= 11 is 0. The lowest BCUT2D eigenvalue weighted by Gasteiger charge is -2.31. The molecule has 2 aliphatic carbocycles. The van der Waals surface area contributed by atoms with Gasteiger partial charge in [-0.1, -0.05) is 36.4 Å². The van der Waals surface area contributed by atoms with E-state index >= 15 is 0 Å². The van der Waals surface area contributed by atoms with E-state index in [1.807, 2.05) is 0 Å². The number of carbonyl (C=O) groups excluding carboxylic acids is 2. The van der Waals surface area contributed by atoms with Gasteiger partial charge >= 0.3 is 5.51 Å². The Kier molecular flexibility index (Phi) is 7.54. The first-order chi connectivity index (χ1) is 19.4. The van der Waals surface area contributed by atoms with Gasteiger partial charge in [0.15, 0.2) is 0 Å². The van der Waals surface area contributed by atoms with Crippen LogP contribution in [-0.2, 0) is 14.6 Å². The standard InChI is InChI=1S/C29H26F4N2O5S/c1-40-24-15-23(30)21(16-6-3-2-4-7-16)14-22(24)27(36)35-26-18-11-10-17(12-18)25(26)28(37)34-19-8-5-9-20(13-19)41(38,39)29(31,32)33/h2-9,13-15,17-18,25-26H,10-12H2,1H3,(H,34,37)(H,35,36)/t17-,18+,25+,26-/m1/s1. The quantitative estimate of drug-likeness (QED) is 0.350. The zero-order valence-corrected chi connectivity index (χ0v) is 22.6. The van der Waals surface area contributed by atoms with Crippen LogP contribution >= 0.6 is 0 Å². The number of fused-ring (bicyclic) bond motifs is 2. The van der Waals surface area contributed by atoms with E-state index < -0.39 is 49.8 Å². The van der Waals surface area contributed by atoms with Gasteiger partial charge in [0.25, 0.3) is 15.7 Å². The summed E-state index contributed by atoms with van der Waals surface area (Å²) < 4.78 is 82.9. The maximum atomic E-state index is 14.9. The summed E-state index contributed by atoms with van der Waals surface area (Å²) in [5, 5.41) is 5.46. The van der Waals surface area contributed by atoms with Crippen LogP contribution in [0.5, 0.6) is 5.75 Å². The molecule has 12 heteroatoms. The minimum Gasteiger partial charge on any atom is -0.496 e. The summed E-state index contributed by atoms with van der Waals surface area (Å²) in [6, 6.07) is 14.6. The van der Waals surface area contributed by atoms with E-state index in [4.69, 9.17) is 4.74 Å². The number of anilines is 1. The van der Waals surface area contributed by atoms with E-state index in [-0.39, 0.29) is 34.4 Å². The second-order valence-electron chi connectivity index (χ2n) is 10.2. The Balaban J connectivity index is 1.39. The zero-order chi connectivity index (χ0) is 29.5. The van der Waals surface area contributed by atoms with Crippen molar-refractivity contribution in [1.82, 2.24) is 5.32 Å². The molecule has 2 fully saturated rings. The highest BCUT2D eigenvalue weighted by Gasteiger charge is 2.52. The highest BCUT2D eigenvalue weighted by Crippen LogP contribution is 2.49. The number of nitrogens with one attached hydrogen (secondary N) is 2. The summed E-state index contributed by atoms with van der Waals surface area (Å²) in [6.07, 6.45) is 2.17. The number of benzene rings is 3. The number of amides is 2. The lowest BCUT2D eigenvalue weighted by atomic mass is 9.83. The van der Waals surface area contributed by atoms with Gasteiger partial charge in [0.05, 0.1) is 23.5 Å². The number of ether oxygens (including phenoxy) is 1. The van der Waals surface area contributed by atoms with Crippen molar-refractivity contribution in [3.8, 4) is 16.9 Å². The predicted octanol–water partition coefficient (Wildman–Crippen LogP) is 5.58. The molecule has 0 unspecified atom stereocenters. The molecule has 0 radical (unpaired) electrons. The predicted molar refractivity (Wildman–Crippen MR) is 142 cm³/mol. The molecular weight excluding hydrogens is 564 g/mol. The number of hydrogen-bond acceptors (Lipinski definition) is 5. The maximum absolute atomic E-state index is 14.9. The summed E-state index contributed by atoms with van der Waals surface area (Å²) in [5.74, 6) is -2.46. The smallest absolute Gasteiger partial charge is 0.496 e. The van der Waals surface area contributed by atoms with Crippen molar-refractivity contribution in [1.29, 1.82) is 0 Å². The molecule has 3 aromatic rings. The number of hydrogen-bond donors (Lipinski definition) is 2. The molecule has 7 nitrogen and oxygen atoms in total. The third-order valence-corrected chi connectivity index (χ3v) is 9.34. The Bertz CT molecular complexity index is 1590. The molecule has 0 aliphatic heterocycles. The number of rotatable bonds is 7. The van der Waals surface area contributed by atoms with Gasteiger partial charge in [-0.25, -0.2) is 12.8 Å². The van der Waals surface area contributed by atoms with Gasteiger partial charge in [-0.15, -0.1) is 0 Å². The number of carbonyl (C=O) groups is 2. The molecule has 216 valence electrons. The van der Waals surface area contributed by atoms with Gasteiger partial charge in [0.1, 0.15) is 11.6 Å². The molecule has 0 aromatic heterocycles. The summed E-state index contributed by atoms with van der Waals surface area (Å²) in [7, 11) is -4.29. The largest absolute Gasteiger partial charge is 0.501 e. The molecule has 0 saturated heterocycles. The van der Waals surface area contributed by atoms with Crippen LogP contribution in [0, 0.1) is 23.6 Å². The van der Waals surface area contributed by atoms with Gasteiger partial charge in [-0.3, -0.25) is 9.59 Å². The molecule has 0 spiro atoms. The third-order valence-electron chi connectivity index (χ3n) is 7.85. The first-order valence-electron chi connectivity index (χ1n) is 12.9. The number of sulfone groups is 1. The van der Waals surface area contributed by atoms with Crippen molar-refractivity contribution >= 4 is 27.3 Å². The van der Waals surface area contributed by atoms with Gasteiger partial charge < -0.3 is 15.4 Å². The van der Waals surface area contributed by atoms with Crippen LogP contribution in [0.15, 0.2) is 71.6 Å². The fourth-order valence-corrected chi connectivity index (χ4v) is 6.75. The molecular formula is C29H26F4N2O5S. The van der Waals surface area contributed by atoms with Crippen molar-refractivity contribution in [2.45, 2.75) is 35.7 Å². The molecule has 3 aromatic carbocycles. The van der Waals surface area contributed by atoms with Crippen LogP contribution in [0.25, 0.3) is 11.1 Å². The van der Waals surface area contributed by atoms with Crippen LogP contribution in [0.1, 0.15) is 29.6 Å². The SMILES string of the molecule is COc1cc(F)c(-c2ccccc2)cc1C(=O)N[C@@H]1[C@H]2CC[C@H](C2)[C@@H]1C(=O)Nc1cccc(S(=O)(=O)C(F)(F)F)c1. The molecule has 4 atom stereocenters. The van der Waals surface area contributed by atoms with Crippen molar-refractivity contribution in [3.63, 3.8) is 0 Å². The van der Waals surface area contributed by atoms with Gasteiger partial charge in [-0.05, 0) is 60.9 Å². The van der Waals surface area contributed by atoms with Crippen molar-refractivity contribution in [2.24, 2.45) is 17.8 Å². The summed E-state index contributed by atoms with van der Waals surface area (Å²) in [4.78, 5) is 25.9. The second kappa shape index (κ2) is 10.8. The highest BCUT2D eigenvalue weighted by molar-refractivity contribution is 7.92. The fourth-order valence-electron chi connectivity index (χ4n) is 5.95. The van der Waals surface area contributed by atoms with Crippen molar-refractivity contribution < 1.29 is 40.3 Å². The number of alkyl halides is 3. The third kappa shape index (κ3) is 5.40. The normalized spacial score (nSPS) is 21.9. The van der Waals surface area contributed by atoms with Crippen LogP contribution in [0.4, 0.5) is 23.2 Å². The molecule has 41 heavy (non-hydrogen) atoms. The number of methoxy groups -OCH3 is 1. The molecule has 2 bridgehead atoms. The Morgan fingerprint density at radius 3 is 2.34 bits per heavy atom. The Hall–Kier alpha value is -3.93. The van der Waals surface area contributed by atoms with Crippen molar-refractivity contribution in [3.05, 3.63) is 78.1 Å². The Morgan fingerprint density at radius 2 is 1.66 bits per heavy atom. The van der Waals surface area contributed by atoms with E-state index in [9.17, 15) is 35.6 Å². The molecule has 0 heterocycles. The monoisotopic (exact) mass is 590 g/mol. The van der Waals surface area contributed by atoms with E-state index in [1.54, 1.807) is 30.3 Å². The van der Waals surface area contributed by atoms with Crippen LogP contribution in [0.2, 0.25) is 0 Å². The van der Waals surface area contributed by atoms with Gasteiger partial charge in [0.2, 0.25) is 5.91 Å². The fraction of sp³-hybridized carbons (Fsp3) is 0.310. The van der Waals surface area contributed by atoms with E-state index in [1.165, 1.54) is 19.2 Å². The van der Waals surface area contributed by atoms with Gasteiger partial charge in [0, 0.05) is 23.4 Å². The van der Waals surface area contributed by atoms with Crippen molar-refractivity contribution in [2.75, 3.05) is 12.4 Å². The summed E-state index contributed by atoms with van der Waals surface area (Å²) in [5.41, 5.74) is -4.75. The minimum absolute atomic E-state index is 0.0170. The Labute approximate surface area is 233 Å². The topological polar surface area (TPSA) is 102 Å². The molecule has 2 N–H and O–H groups in total. The Morgan fingerprint density at radius 1 is 0.951 bits per heavy atom. The first-order valence-corrected chi connectivity index (χ1v) is 14.3. The number of halogens is 4. The molecule has 2 amide bonds. The summed E-state index contributed by atoms with van der Waals surface area (Å²) in [6.45, 7) is 0. The zero-order valence-electron chi connectivity index (χ0n) is 21.7. The lowest BCUT2D eigenvalue weighted by Crippen LogP contribution is -2.48. The molecule has 2 aliphatic rings. The molecule has 2 saturated carbocycles. The highest BCUT2D eigenvalue weighted by atomic mass is 32.2. The van der Waals surface area contributed by atoms with Crippen LogP contribution in [0.3, 0.4) is 0 Å². The van der Waals surface area contributed by atoms with Gasteiger partial charge in [-0.2, -0.15) is 13.2 Å². The maximum Gasteiger partial charge on any atom is 0.501 e.